The number of benzene rings is 3. The Morgan fingerprint density at radius 1 is 0.436 bits per heavy atom. The fourth-order valence-electron chi connectivity index (χ4n) is 6.50. The maximum Gasteiger partial charge on any atom is 0.494 e. The van der Waals surface area contributed by atoms with E-state index in [1.807, 2.05) is 12.3 Å². The summed E-state index contributed by atoms with van der Waals surface area (Å²) in [6.45, 7) is 35.4. The molecule has 0 bridgehead atoms. The summed E-state index contributed by atoms with van der Waals surface area (Å²) in [5.41, 5.74) is 9.63. The predicted molar refractivity (Wildman–Crippen MR) is 230 cm³/mol. The lowest BCUT2D eigenvalue weighted by atomic mass is 9.79. The van der Waals surface area contributed by atoms with Gasteiger partial charge in [0.1, 0.15) is 0 Å². The van der Waals surface area contributed by atoms with Crippen LogP contribution in [0.3, 0.4) is 0 Å². The van der Waals surface area contributed by atoms with E-state index in [9.17, 15) is 0 Å². The lowest BCUT2D eigenvalue weighted by molar-refractivity contribution is 0.00578. The third-order valence-corrected chi connectivity index (χ3v) is 11.2. The SMILES string of the molecule is CC(C)(C)c1cc(-c2nc(-c3ccc(-c4ccc(B5OC(C)(C)C(C)(C)O5)cc4)nc3)nc(-c3cc(C(C)(C)C)cc(C(C)(C)C)c3)n2)cc(C(C)(C)C)c1. The molecule has 1 aliphatic rings. The highest BCUT2D eigenvalue weighted by Crippen LogP contribution is 2.38. The second-order valence-corrected chi connectivity index (χ2v) is 20.5. The van der Waals surface area contributed by atoms with E-state index < -0.39 is 18.3 Å². The second-order valence-electron chi connectivity index (χ2n) is 20.5. The largest absolute Gasteiger partial charge is 0.494 e. The maximum absolute atomic E-state index is 6.28. The van der Waals surface area contributed by atoms with Crippen molar-refractivity contribution in [3.05, 3.63) is 101 Å². The summed E-state index contributed by atoms with van der Waals surface area (Å²) in [5.74, 6) is 1.89. The number of hydrogen-bond acceptors (Lipinski definition) is 6. The monoisotopic (exact) mass is 736 g/mol. The van der Waals surface area contributed by atoms with Gasteiger partial charge < -0.3 is 9.31 Å². The number of aromatic nitrogens is 4. The molecule has 6 rings (SSSR count). The summed E-state index contributed by atoms with van der Waals surface area (Å²) in [5, 5.41) is 0. The maximum atomic E-state index is 6.28. The van der Waals surface area contributed by atoms with Gasteiger partial charge in [0.25, 0.3) is 0 Å². The van der Waals surface area contributed by atoms with Gasteiger partial charge in [-0.2, -0.15) is 0 Å². The van der Waals surface area contributed by atoms with Crippen LogP contribution in [0, 0.1) is 0 Å². The molecular weight excluding hydrogens is 675 g/mol. The summed E-state index contributed by atoms with van der Waals surface area (Å²) in [7, 11) is -0.409. The fraction of sp³-hybridized carbons (Fsp3) is 0.458. The van der Waals surface area contributed by atoms with Crippen molar-refractivity contribution in [3.63, 3.8) is 0 Å². The molecule has 0 aliphatic carbocycles. The molecule has 0 atom stereocenters. The van der Waals surface area contributed by atoms with Crippen molar-refractivity contribution in [2.45, 2.75) is 144 Å². The first-order valence-electron chi connectivity index (χ1n) is 19.7. The standard InChI is InChI=1S/C48H61BN4O2/c1-43(2,3)34-23-32(24-35(27-34)44(4,5)6)41-51-40(52-42(53-41)33-25-36(45(7,8)9)28-37(26-33)46(10,11)12)31-19-22-39(50-29-31)30-17-20-38(21-18-30)49-54-47(13,14)48(15,16)55-49/h17-29H,1-16H3. The Bertz CT molecular complexity index is 2020. The van der Waals surface area contributed by atoms with Gasteiger partial charge in [0.15, 0.2) is 17.5 Å². The van der Waals surface area contributed by atoms with Crippen molar-refractivity contribution in [3.8, 4) is 45.4 Å². The molecule has 3 heterocycles. The van der Waals surface area contributed by atoms with Crippen molar-refractivity contribution in [1.82, 2.24) is 19.9 Å². The van der Waals surface area contributed by atoms with Crippen molar-refractivity contribution in [2.24, 2.45) is 0 Å². The molecule has 0 radical (unpaired) electrons. The minimum Gasteiger partial charge on any atom is -0.399 e. The molecule has 1 aliphatic heterocycles. The smallest absolute Gasteiger partial charge is 0.399 e. The van der Waals surface area contributed by atoms with E-state index in [1.165, 1.54) is 22.3 Å². The highest BCUT2D eigenvalue weighted by molar-refractivity contribution is 6.62. The average Bonchev–Trinajstić information content (AvgIpc) is 3.32. The molecule has 5 aromatic rings. The zero-order valence-corrected chi connectivity index (χ0v) is 36.2. The number of pyridine rings is 1. The van der Waals surface area contributed by atoms with Crippen LogP contribution >= 0.6 is 0 Å². The lowest BCUT2D eigenvalue weighted by Gasteiger charge is -2.32. The van der Waals surface area contributed by atoms with Crippen LogP contribution in [0.25, 0.3) is 45.4 Å². The summed E-state index contributed by atoms with van der Waals surface area (Å²) < 4.78 is 12.6. The normalized spacial score (nSPS) is 16.1. The Morgan fingerprint density at radius 3 is 1.11 bits per heavy atom. The molecule has 1 fully saturated rings. The Kier molecular flexibility index (Phi) is 10.1. The zero-order chi connectivity index (χ0) is 40.5. The molecule has 3 aromatic carbocycles. The molecule has 288 valence electrons. The predicted octanol–water partition coefficient (Wildman–Crippen LogP) is 11.4. The number of nitrogens with zero attached hydrogens (tertiary/aromatic N) is 4. The third kappa shape index (κ3) is 8.64. The van der Waals surface area contributed by atoms with E-state index in [0.29, 0.717) is 17.5 Å². The first-order valence-corrected chi connectivity index (χ1v) is 19.7. The van der Waals surface area contributed by atoms with Gasteiger partial charge >= 0.3 is 7.12 Å². The van der Waals surface area contributed by atoms with Gasteiger partial charge in [0.05, 0.1) is 16.9 Å². The molecule has 0 spiro atoms. The van der Waals surface area contributed by atoms with E-state index in [0.717, 1.165) is 33.4 Å². The minimum atomic E-state index is -0.409. The quantitative estimate of drug-likeness (QED) is 0.167. The van der Waals surface area contributed by atoms with E-state index in [-0.39, 0.29) is 21.7 Å². The van der Waals surface area contributed by atoms with Crippen LogP contribution in [0.4, 0.5) is 0 Å². The van der Waals surface area contributed by atoms with Crippen LogP contribution in [-0.2, 0) is 31.0 Å². The van der Waals surface area contributed by atoms with E-state index >= 15 is 0 Å². The first kappa shape index (κ1) is 40.5. The van der Waals surface area contributed by atoms with Crippen LogP contribution in [0.1, 0.15) is 133 Å². The van der Waals surface area contributed by atoms with Gasteiger partial charge in [-0.15, -0.1) is 0 Å². The Morgan fingerprint density at radius 2 is 0.782 bits per heavy atom. The summed E-state index contributed by atoms with van der Waals surface area (Å²) in [6.07, 6.45) is 1.87. The summed E-state index contributed by atoms with van der Waals surface area (Å²) in [4.78, 5) is 20.5. The van der Waals surface area contributed by atoms with Crippen LogP contribution in [0.5, 0.6) is 0 Å². The minimum absolute atomic E-state index is 0.0559. The fourth-order valence-corrected chi connectivity index (χ4v) is 6.50. The van der Waals surface area contributed by atoms with Gasteiger partial charge in [0.2, 0.25) is 0 Å². The van der Waals surface area contributed by atoms with Gasteiger partial charge in [0, 0.05) is 28.5 Å². The molecule has 0 N–H and O–H groups in total. The molecule has 6 nitrogen and oxygen atoms in total. The highest BCUT2D eigenvalue weighted by atomic mass is 16.7. The number of rotatable bonds is 5. The first-order chi connectivity index (χ1) is 25.2. The topological polar surface area (TPSA) is 70.0 Å². The zero-order valence-electron chi connectivity index (χ0n) is 36.2. The van der Waals surface area contributed by atoms with Crippen molar-refractivity contribution in [1.29, 1.82) is 0 Å². The van der Waals surface area contributed by atoms with Crippen molar-refractivity contribution >= 4 is 12.6 Å². The molecule has 0 amide bonds. The Labute approximate surface area is 331 Å². The van der Waals surface area contributed by atoms with Gasteiger partial charge in [-0.3, -0.25) is 4.98 Å². The van der Waals surface area contributed by atoms with E-state index in [2.05, 4.69) is 178 Å². The van der Waals surface area contributed by atoms with Crippen LogP contribution < -0.4 is 5.46 Å². The van der Waals surface area contributed by atoms with Gasteiger partial charge in [-0.25, -0.2) is 15.0 Å². The van der Waals surface area contributed by atoms with Crippen LogP contribution in [0.15, 0.2) is 79.0 Å². The molecule has 55 heavy (non-hydrogen) atoms. The summed E-state index contributed by atoms with van der Waals surface area (Å²) >= 11 is 0. The van der Waals surface area contributed by atoms with Crippen molar-refractivity contribution in [2.75, 3.05) is 0 Å². The molecular formula is C48H61BN4O2. The summed E-state index contributed by atoms with van der Waals surface area (Å²) in [6, 6.07) is 26.0. The number of hydrogen-bond donors (Lipinski definition) is 0. The van der Waals surface area contributed by atoms with Crippen LogP contribution in [0.2, 0.25) is 0 Å². The molecule has 2 aromatic heterocycles. The lowest BCUT2D eigenvalue weighted by Crippen LogP contribution is -2.41. The van der Waals surface area contributed by atoms with Gasteiger partial charge in [-0.1, -0.05) is 119 Å². The Hall–Kier alpha value is -4.20. The second kappa shape index (κ2) is 13.8. The highest BCUT2D eigenvalue weighted by Gasteiger charge is 2.51. The molecule has 1 saturated heterocycles. The van der Waals surface area contributed by atoms with Crippen molar-refractivity contribution < 1.29 is 9.31 Å². The Balaban J connectivity index is 1.46. The molecule has 0 unspecified atom stereocenters. The molecule has 0 saturated carbocycles. The van der Waals surface area contributed by atoms with Gasteiger partial charge in [-0.05, 0) is 113 Å². The van der Waals surface area contributed by atoms with E-state index in [4.69, 9.17) is 29.2 Å². The molecule has 7 heteroatoms. The average molecular weight is 737 g/mol. The third-order valence-electron chi connectivity index (χ3n) is 11.2. The van der Waals surface area contributed by atoms with E-state index in [1.54, 1.807) is 0 Å². The van der Waals surface area contributed by atoms with Crippen LogP contribution in [-0.4, -0.2) is 38.3 Å².